The van der Waals surface area contributed by atoms with E-state index < -0.39 is 0 Å². The predicted molar refractivity (Wildman–Crippen MR) is 78.8 cm³/mol. The molecule has 1 aromatic rings. The Bertz CT molecular complexity index is 450. The summed E-state index contributed by atoms with van der Waals surface area (Å²) in [5.41, 5.74) is 8.01. The summed E-state index contributed by atoms with van der Waals surface area (Å²) in [7, 11) is 0. The maximum absolute atomic E-state index is 11.9. The minimum Gasteiger partial charge on any atom is -0.399 e. The molecule has 1 aromatic carbocycles. The van der Waals surface area contributed by atoms with Crippen molar-refractivity contribution in [1.29, 1.82) is 0 Å². The van der Waals surface area contributed by atoms with Gasteiger partial charge in [-0.2, -0.15) is 0 Å². The Kier molecular flexibility index (Phi) is 3.83. The molecule has 0 heterocycles. The number of hydrogen-bond donors (Lipinski definition) is 2. The SMILES string of the molecule is CC(CC(=O)NCC1CC1(C)C)c1ccc(N)cc1. The first-order chi connectivity index (χ1) is 8.88. The highest BCUT2D eigenvalue weighted by molar-refractivity contribution is 5.76. The van der Waals surface area contributed by atoms with Gasteiger partial charge in [0, 0.05) is 18.7 Å². The minimum atomic E-state index is 0.145. The lowest BCUT2D eigenvalue weighted by atomic mass is 9.97. The van der Waals surface area contributed by atoms with Crippen molar-refractivity contribution >= 4 is 11.6 Å². The van der Waals surface area contributed by atoms with Crippen LogP contribution in [0.15, 0.2) is 24.3 Å². The first-order valence-corrected chi connectivity index (χ1v) is 7.00. The number of nitrogen functional groups attached to an aromatic ring is 1. The Hall–Kier alpha value is -1.51. The zero-order valence-electron chi connectivity index (χ0n) is 12.1. The summed E-state index contributed by atoms with van der Waals surface area (Å²) in [4.78, 5) is 11.9. The number of carbonyl (C=O) groups excluding carboxylic acids is 1. The maximum Gasteiger partial charge on any atom is 0.220 e. The number of rotatable bonds is 5. The average Bonchev–Trinajstić information content (AvgIpc) is 2.95. The Morgan fingerprint density at radius 1 is 1.42 bits per heavy atom. The van der Waals surface area contributed by atoms with Crippen LogP contribution in [0.4, 0.5) is 5.69 Å². The number of benzene rings is 1. The number of nitrogens with one attached hydrogen (secondary N) is 1. The topological polar surface area (TPSA) is 55.1 Å². The van der Waals surface area contributed by atoms with Crippen molar-refractivity contribution < 1.29 is 4.79 Å². The maximum atomic E-state index is 11.9. The first kappa shape index (κ1) is 13.9. The third kappa shape index (κ3) is 3.72. The van der Waals surface area contributed by atoms with E-state index in [1.54, 1.807) is 0 Å². The highest BCUT2D eigenvalue weighted by atomic mass is 16.1. The predicted octanol–water partition coefficient (Wildman–Crippen LogP) is 2.92. The Balaban J connectivity index is 1.77. The molecule has 1 saturated carbocycles. The fraction of sp³-hybridized carbons (Fsp3) is 0.562. The van der Waals surface area contributed by atoms with Gasteiger partial charge in [0.2, 0.25) is 5.91 Å². The number of anilines is 1. The first-order valence-electron chi connectivity index (χ1n) is 7.00. The molecule has 0 aliphatic heterocycles. The Morgan fingerprint density at radius 3 is 2.53 bits per heavy atom. The normalized spacial score (nSPS) is 21.7. The monoisotopic (exact) mass is 260 g/mol. The van der Waals surface area contributed by atoms with Crippen LogP contribution in [0.1, 0.15) is 45.1 Å². The quantitative estimate of drug-likeness (QED) is 0.800. The van der Waals surface area contributed by atoms with Gasteiger partial charge in [-0.05, 0) is 41.4 Å². The molecular weight excluding hydrogens is 236 g/mol. The van der Waals surface area contributed by atoms with Gasteiger partial charge in [-0.3, -0.25) is 4.79 Å². The van der Waals surface area contributed by atoms with Crippen LogP contribution in [0.2, 0.25) is 0 Å². The number of carbonyl (C=O) groups is 1. The zero-order valence-corrected chi connectivity index (χ0v) is 12.1. The van der Waals surface area contributed by atoms with E-state index in [-0.39, 0.29) is 11.8 Å². The smallest absolute Gasteiger partial charge is 0.220 e. The van der Waals surface area contributed by atoms with Crippen molar-refractivity contribution in [3.63, 3.8) is 0 Å². The van der Waals surface area contributed by atoms with Crippen molar-refractivity contribution in [3.05, 3.63) is 29.8 Å². The van der Waals surface area contributed by atoms with Gasteiger partial charge < -0.3 is 11.1 Å². The Morgan fingerprint density at radius 2 is 2.00 bits per heavy atom. The molecule has 1 fully saturated rings. The molecule has 3 nitrogen and oxygen atoms in total. The molecule has 0 spiro atoms. The van der Waals surface area contributed by atoms with E-state index >= 15 is 0 Å². The summed E-state index contributed by atoms with van der Waals surface area (Å²) >= 11 is 0. The second kappa shape index (κ2) is 5.24. The molecule has 2 unspecified atom stereocenters. The molecule has 0 radical (unpaired) electrons. The molecule has 104 valence electrons. The van der Waals surface area contributed by atoms with Gasteiger partial charge in [0.25, 0.3) is 0 Å². The zero-order chi connectivity index (χ0) is 14.0. The summed E-state index contributed by atoms with van der Waals surface area (Å²) < 4.78 is 0. The number of amides is 1. The second-order valence-electron chi connectivity index (χ2n) is 6.47. The highest BCUT2D eigenvalue weighted by Gasteiger charge is 2.45. The molecule has 19 heavy (non-hydrogen) atoms. The van der Waals surface area contributed by atoms with Crippen LogP contribution in [0.5, 0.6) is 0 Å². The third-order valence-corrected chi connectivity index (χ3v) is 4.26. The lowest BCUT2D eigenvalue weighted by Gasteiger charge is -2.12. The summed E-state index contributed by atoms with van der Waals surface area (Å²) in [6.07, 6.45) is 1.76. The van der Waals surface area contributed by atoms with Crippen LogP contribution in [0.25, 0.3) is 0 Å². The van der Waals surface area contributed by atoms with Crippen LogP contribution >= 0.6 is 0 Å². The molecule has 3 heteroatoms. The van der Waals surface area contributed by atoms with Crippen LogP contribution in [0.3, 0.4) is 0 Å². The van der Waals surface area contributed by atoms with Gasteiger partial charge >= 0.3 is 0 Å². The molecule has 1 aliphatic carbocycles. The highest BCUT2D eigenvalue weighted by Crippen LogP contribution is 2.50. The van der Waals surface area contributed by atoms with E-state index in [2.05, 4.69) is 26.1 Å². The molecule has 3 N–H and O–H groups in total. The summed E-state index contributed by atoms with van der Waals surface area (Å²) in [5, 5.41) is 3.05. The molecule has 1 amide bonds. The molecule has 0 saturated heterocycles. The van der Waals surface area contributed by atoms with Gasteiger partial charge in [-0.1, -0.05) is 32.9 Å². The van der Waals surface area contributed by atoms with E-state index in [1.807, 2.05) is 24.3 Å². The van der Waals surface area contributed by atoms with Crippen LogP contribution in [-0.4, -0.2) is 12.5 Å². The summed E-state index contributed by atoms with van der Waals surface area (Å²) in [6.45, 7) is 7.40. The van der Waals surface area contributed by atoms with E-state index in [4.69, 9.17) is 5.73 Å². The molecule has 0 bridgehead atoms. The van der Waals surface area contributed by atoms with Gasteiger partial charge in [-0.15, -0.1) is 0 Å². The van der Waals surface area contributed by atoms with Crippen LogP contribution < -0.4 is 11.1 Å². The third-order valence-electron chi connectivity index (χ3n) is 4.26. The molecule has 2 rings (SSSR count). The second-order valence-corrected chi connectivity index (χ2v) is 6.47. The summed E-state index contributed by atoms with van der Waals surface area (Å²) in [6, 6.07) is 7.77. The molecule has 2 atom stereocenters. The molecule has 0 aromatic heterocycles. The fourth-order valence-electron chi connectivity index (χ4n) is 2.45. The van der Waals surface area contributed by atoms with E-state index in [0.717, 1.165) is 17.8 Å². The van der Waals surface area contributed by atoms with Crippen LogP contribution in [0, 0.1) is 11.3 Å². The number of hydrogen-bond acceptors (Lipinski definition) is 2. The minimum absolute atomic E-state index is 0.145. The van der Waals surface area contributed by atoms with Crippen molar-refractivity contribution in [2.75, 3.05) is 12.3 Å². The van der Waals surface area contributed by atoms with Gasteiger partial charge in [0.05, 0.1) is 0 Å². The van der Waals surface area contributed by atoms with Crippen molar-refractivity contribution in [2.24, 2.45) is 11.3 Å². The number of nitrogens with two attached hydrogens (primary N) is 1. The summed E-state index contributed by atoms with van der Waals surface area (Å²) in [5.74, 6) is 1.03. The lowest BCUT2D eigenvalue weighted by molar-refractivity contribution is -0.121. The lowest BCUT2D eigenvalue weighted by Crippen LogP contribution is -2.27. The average molecular weight is 260 g/mol. The van der Waals surface area contributed by atoms with Gasteiger partial charge in [0.15, 0.2) is 0 Å². The standard InChI is InChI=1S/C16H24N2O/c1-11(12-4-6-14(17)7-5-12)8-15(19)18-10-13-9-16(13,2)3/h4-7,11,13H,8-10,17H2,1-3H3,(H,18,19). The molecular formula is C16H24N2O. The largest absolute Gasteiger partial charge is 0.399 e. The van der Waals surface area contributed by atoms with Gasteiger partial charge in [0.1, 0.15) is 0 Å². The van der Waals surface area contributed by atoms with E-state index in [1.165, 1.54) is 6.42 Å². The van der Waals surface area contributed by atoms with Crippen molar-refractivity contribution in [1.82, 2.24) is 5.32 Å². The van der Waals surface area contributed by atoms with Crippen molar-refractivity contribution in [2.45, 2.75) is 39.5 Å². The molecule has 1 aliphatic rings. The van der Waals surface area contributed by atoms with Crippen molar-refractivity contribution in [3.8, 4) is 0 Å². The van der Waals surface area contributed by atoms with E-state index in [9.17, 15) is 4.79 Å². The fourth-order valence-corrected chi connectivity index (χ4v) is 2.45. The van der Waals surface area contributed by atoms with Gasteiger partial charge in [-0.25, -0.2) is 0 Å². The Labute approximate surface area is 115 Å². The van der Waals surface area contributed by atoms with E-state index in [0.29, 0.717) is 17.8 Å². The van der Waals surface area contributed by atoms with Crippen LogP contribution in [-0.2, 0) is 4.79 Å².